The summed E-state index contributed by atoms with van der Waals surface area (Å²) in [6.07, 6.45) is 5.48. The number of aromatic nitrogens is 1. The molecular formula is C21H33N3O. The van der Waals surface area contributed by atoms with E-state index in [9.17, 15) is 4.79 Å². The molecule has 1 aromatic heterocycles. The molecule has 1 aromatic rings. The maximum absolute atomic E-state index is 12.2. The monoisotopic (exact) mass is 343 g/mol. The summed E-state index contributed by atoms with van der Waals surface area (Å²) in [6.45, 7) is 10.6. The molecule has 138 valence electrons. The van der Waals surface area contributed by atoms with Crippen LogP contribution in [0.15, 0.2) is 18.2 Å². The van der Waals surface area contributed by atoms with Gasteiger partial charge in [-0.2, -0.15) is 0 Å². The average Bonchev–Trinajstić information content (AvgIpc) is 3.03. The van der Waals surface area contributed by atoms with E-state index in [0.717, 1.165) is 38.2 Å². The molecule has 1 atom stereocenters. The summed E-state index contributed by atoms with van der Waals surface area (Å²) in [7, 11) is 0. The van der Waals surface area contributed by atoms with E-state index in [-0.39, 0.29) is 0 Å². The fraction of sp³-hybridized carbons (Fsp3) is 0.714. The minimum Gasteiger partial charge on any atom is -0.343 e. The zero-order chi connectivity index (χ0) is 17.8. The first-order valence-electron chi connectivity index (χ1n) is 9.98. The van der Waals surface area contributed by atoms with Gasteiger partial charge in [0.25, 0.3) is 0 Å². The van der Waals surface area contributed by atoms with Crippen molar-refractivity contribution in [2.45, 2.75) is 58.9 Å². The molecule has 0 aromatic carbocycles. The first-order chi connectivity index (χ1) is 12.0. The van der Waals surface area contributed by atoms with Crippen molar-refractivity contribution in [1.82, 2.24) is 14.8 Å². The fourth-order valence-electron chi connectivity index (χ4n) is 4.30. The van der Waals surface area contributed by atoms with Gasteiger partial charge in [-0.25, -0.2) is 0 Å². The number of piperidine rings is 1. The Kier molecular flexibility index (Phi) is 6.10. The molecule has 2 saturated heterocycles. The van der Waals surface area contributed by atoms with Crippen LogP contribution in [0.2, 0.25) is 0 Å². The highest BCUT2D eigenvalue weighted by molar-refractivity contribution is 5.76. The molecule has 4 nitrogen and oxygen atoms in total. The Morgan fingerprint density at radius 3 is 2.64 bits per heavy atom. The average molecular weight is 344 g/mol. The number of hydrogen-bond donors (Lipinski definition) is 0. The van der Waals surface area contributed by atoms with E-state index in [1.165, 1.54) is 25.1 Å². The number of pyridine rings is 1. The van der Waals surface area contributed by atoms with Gasteiger partial charge in [-0.15, -0.1) is 0 Å². The van der Waals surface area contributed by atoms with Crippen molar-refractivity contribution in [3.63, 3.8) is 0 Å². The van der Waals surface area contributed by atoms with Gasteiger partial charge in [-0.05, 0) is 63.1 Å². The highest BCUT2D eigenvalue weighted by atomic mass is 16.2. The van der Waals surface area contributed by atoms with Crippen molar-refractivity contribution in [2.24, 2.45) is 11.8 Å². The van der Waals surface area contributed by atoms with E-state index in [2.05, 4.69) is 48.8 Å². The predicted octanol–water partition coefficient (Wildman–Crippen LogP) is 3.81. The molecule has 0 bridgehead atoms. The molecule has 0 N–H and O–H groups in total. The lowest BCUT2D eigenvalue weighted by atomic mass is 9.95. The molecule has 2 aliphatic rings. The SMILES string of the molecule is Cc1cccc([C@@H]2CCCN2CC2CCN(C(=O)CC(C)C)CC2)n1. The van der Waals surface area contributed by atoms with Gasteiger partial charge in [-0.1, -0.05) is 19.9 Å². The van der Waals surface area contributed by atoms with Crippen LogP contribution in [0, 0.1) is 18.8 Å². The van der Waals surface area contributed by atoms with Crippen molar-refractivity contribution in [3.8, 4) is 0 Å². The van der Waals surface area contributed by atoms with Gasteiger partial charge in [0.1, 0.15) is 0 Å². The highest BCUT2D eigenvalue weighted by Gasteiger charge is 2.31. The lowest BCUT2D eigenvalue weighted by Crippen LogP contribution is -2.41. The zero-order valence-electron chi connectivity index (χ0n) is 16.1. The van der Waals surface area contributed by atoms with Gasteiger partial charge >= 0.3 is 0 Å². The second-order valence-electron chi connectivity index (χ2n) is 8.28. The summed E-state index contributed by atoms with van der Waals surface area (Å²) >= 11 is 0. The van der Waals surface area contributed by atoms with Crippen molar-refractivity contribution in [1.29, 1.82) is 0 Å². The zero-order valence-corrected chi connectivity index (χ0v) is 16.1. The number of carbonyl (C=O) groups is 1. The smallest absolute Gasteiger partial charge is 0.222 e. The molecule has 0 radical (unpaired) electrons. The summed E-state index contributed by atoms with van der Waals surface area (Å²) in [6, 6.07) is 6.88. The van der Waals surface area contributed by atoms with E-state index >= 15 is 0 Å². The van der Waals surface area contributed by atoms with Crippen LogP contribution >= 0.6 is 0 Å². The van der Waals surface area contributed by atoms with Crippen LogP contribution in [0.1, 0.15) is 63.4 Å². The van der Waals surface area contributed by atoms with Gasteiger partial charge in [0, 0.05) is 31.7 Å². The molecule has 2 fully saturated rings. The molecule has 0 aliphatic carbocycles. The Labute approximate surface area is 152 Å². The fourth-order valence-corrected chi connectivity index (χ4v) is 4.30. The largest absolute Gasteiger partial charge is 0.343 e. The summed E-state index contributed by atoms with van der Waals surface area (Å²) in [4.78, 5) is 21.7. The third-order valence-electron chi connectivity index (χ3n) is 5.66. The van der Waals surface area contributed by atoms with E-state index in [1.54, 1.807) is 0 Å². The number of rotatable bonds is 5. The topological polar surface area (TPSA) is 36.4 Å². The maximum atomic E-state index is 12.2. The second kappa shape index (κ2) is 8.31. The van der Waals surface area contributed by atoms with Gasteiger partial charge in [0.2, 0.25) is 5.91 Å². The second-order valence-corrected chi connectivity index (χ2v) is 8.28. The molecule has 3 heterocycles. The molecule has 1 amide bonds. The van der Waals surface area contributed by atoms with Crippen molar-refractivity contribution in [2.75, 3.05) is 26.2 Å². The van der Waals surface area contributed by atoms with Crippen molar-refractivity contribution >= 4 is 5.91 Å². The van der Waals surface area contributed by atoms with E-state index in [4.69, 9.17) is 4.98 Å². The predicted molar refractivity (Wildman–Crippen MR) is 101 cm³/mol. The van der Waals surface area contributed by atoms with Gasteiger partial charge < -0.3 is 4.90 Å². The van der Waals surface area contributed by atoms with Crippen LogP contribution in [0.3, 0.4) is 0 Å². The van der Waals surface area contributed by atoms with Gasteiger partial charge in [0.05, 0.1) is 11.7 Å². The van der Waals surface area contributed by atoms with Crippen molar-refractivity contribution in [3.05, 3.63) is 29.6 Å². The number of likely N-dealkylation sites (tertiary alicyclic amines) is 2. The third-order valence-corrected chi connectivity index (χ3v) is 5.66. The normalized spacial score (nSPS) is 22.7. The van der Waals surface area contributed by atoms with E-state index in [0.29, 0.717) is 30.2 Å². The maximum Gasteiger partial charge on any atom is 0.222 e. The number of hydrogen-bond acceptors (Lipinski definition) is 3. The molecule has 2 aliphatic heterocycles. The van der Waals surface area contributed by atoms with E-state index < -0.39 is 0 Å². The molecule has 3 rings (SSSR count). The number of carbonyl (C=O) groups excluding carboxylic acids is 1. The Morgan fingerprint density at radius 1 is 1.20 bits per heavy atom. The summed E-state index contributed by atoms with van der Waals surface area (Å²) < 4.78 is 0. The highest BCUT2D eigenvalue weighted by Crippen LogP contribution is 2.33. The molecule has 0 unspecified atom stereocenters. The Bertz CT molecular complexity index is 578. The van der Waals surface area contributed by atoms with Gasteiger partial charge in [0.15, 0.2) is 0 Å². The van der Waals surface area contributed by atoms with E-state index in [1.807, 2.05) is 0 Å². The molecule has 0 saturated carbocycles. The summed E-state index contributed by atoms with van der Waals surface area (Å²) in [5, 5.41) is 0. The Balaban J connectivity index is 1.52. The Hall–Kier alpha value is -1.42. The van der Waals surface area contributed by atoms with Crippen LogP contribution in [0.25, 0.3) is 0 Å². The third kappa shape index (κ3) is 4.81. The van der Waals surface area contributed by atoms with Crippen LogP contribution in [0.4, 0.5) is 0 Å². The molecule has 4 heteroatoms. The summed E-state index contributed by atoms with van der Waals surface area (Å²) in [5.41, 5.74) is 2.35. The quantitative estimate of drug-likeness (QED) is 0.816. The Morgan fingerprint density at radius 2 is 1.96 bits per heavy atom. The van der Waals surface area contributed by atoms with Crippen LogP contribution in [0.5, 0.6) is 0 Å². The first kappa shape index (κ1) is 18.4. The minimum absolute atomic E-state index is 0.344. The van der Waals surface area contributed by atoms with Crippen molar-refractivity contribution < 1.29 is 4.79 Å². The molecule has 0 spiro atoms. The number of aryl methyl sites for hydroxylation is 1. The molecular weight excluding hydrogens is 310 g/mol. The van der Waals surface area contributed by atoms with Crippen LogP contribution in [-0.2, 0) is 4.79 Å². The lowest BCUT2D eigenvalue weighted by Gasteiger charge is -2.35. The summed E-state index contributed by atoms with van der Waals surface area (Å²) in [5.74, 6) is 1.52. The minimum atomic E-state index is 0.344. The first-order valence-corrected chi connectivity index (χ1v) is 9.98. The lowest BCUT2D eigenvalue weighted by molar-refractivity contribution is -0.133. The van der Waals surface area contributed by atoms with Crippen LogP contribution in [-0.4, -0.2) is 46.9 Å². The van der Waals surface area contributed by atoms with Gasteiger partial charge in [-0.3, -0.25) is 14.7 Å². The molecule has 25 heavy (non-hydrogen) atoms. The number of nitrogens with zero attached hydrogens (tertiary/aromatic N) is 3. The standard InChI is InChI=1S/C21H33N3O/c1-16(2)14-21(25)23-12-9-18(10-13-23)15-24-11-5-8-20(24)19-7-4-6-17(3)22-19/h4,6-7,16,18,20H,5,8-15H2,1-3H3/t20-/m0/s1. The number of amides is 1. The van der Waals surface area contributed by atoms with Crippen LogP contribution < -0.4 is 0 Å².